The van der Waals surface area contributed by atoms with Gasteiger partial charge in [-0.05, 0) is 49.1 Å². The molecule has 98 valence electrons. The van der Waals surface area contributed by atoms with Crippen molar-refractivity contribution in [2.45, 2.75) is 27.2 Å². The molecule has 3 heteroatoms. The van der Waals surface area contributed by atoms with Crippen LogP contribution in [0.1, 0.15) is 25.0 Å². The van der Waals surface area contributed by atoms with Crippen molar-refractivity contribution in [3.8, 4) is 0 Å². The molecule has 2 N–H and O–H groups in total. The van der Waals surface area contributed by atoms with E-state index < -0.39 is 0 Å². The highest BCUT2D eigenvalue weighted by Crippen LogP contribution is 2.20. The SMILES string of the molecule is CCc1cc(NC(=O)[C@@H]2CNC[C@H]2C)ccc1C. The Balaban J connectivity index is 2.07. The van der Waals surface area contributed by atoms with E-state index in [4.69, 9.17) is 0 Å². The van der Waals surface area contributed by atoms with Crippen LogP contribution < -0.4 is 10.6 Å². The molecule has 0 saturated carbocycles. The van der Waals surface area contributed by atoms with E-state index in [1.165, 1.54) is 11.1 Å². The second kappa shape index (κ2) is 5.53. The van der Waals surface area contributed by atoms with Gasteiger partial charge in [-0.3, -0.25) is 4.79 Å². The third-order valence-electron chi connectivity index (χ3n) is 3.85. The maximum absolute atomic E-state index is 12.2. The predicted octanol–water partition coefficient (Wildman–Crippen LogP) is 2.35. The number of carbonyl (C=O) groups excluding carboxylic acids is 1. The van der Waals surface area contributed by atoms with Crippen LogP contribution in [-0.4, -0.2) is 19.0 Å². The number of amides is 1. The second-order valence-electron chi connectivity index (χ2n) is 5.23. The molecule has 0 radical (unpaired) electrons. The van der Waals surface area contributed by atoms with Crippen molar-refractivity contribution in [1.29, 1.82) is 0 Å². The molecular formula is C15H22N2O. The van der Waals surface area contributed by atoms with Crippen LogP contribution in [0.25, 0.3) is 0 Å². The van der Waals surface area contributed by atoms with E-state index in [2.05, 4.69) is 43.5 Å². The van der Waals surface area contributed by atoms with Crippen LogP contribution in [-0.2, 0) is 11.2 Å². The molecule has 1 saturated heterocycles. The lowest BCUT2D eigenvalue weighted by molar-refractivity contribution is -0.120. The highest BCUT2D eigenvalue weighted by Gasteiger charge is 2.29. The quantitative estimate of drug-likeness (QED) is 0.859. The molecule has 2 atom stereocenters. The summed E-state index contributed by atoms with van der Waals surface area (Å²) in [6.07, 6.45) is 0.997. The van der Waals surface area contributed by atoms with Crippen LogP contribution in [0.5, 0.6) is 0 Å². The van der Waals surface area contributed by atoms with E-state index in [1.54, 1.807) is 0 Å². The summed E-state index contributed by atoms with van der Waals surface area (Å²) in [5, 5.41) is 6.30. The zero-order valence-corrected chi connectivity index (χ0v) is 11.4. The maximum Gasteiger partial charge on any atom is 0.229 e. The van der Waals surface area contributed by atoms with E-state index in [0.717, 1.165) is 25.2 Å². The summed E-state index contributed by atoms with van der Waals surface area (Å²) < 4.78 is 0. The molecule has 1 heterocycles. The summed E-state index contributed by atoms with van der Waals surface area (Å²) in [5.74, 6) is 0.649. The lowest BCUT2D eigenvalue weighted by Crippen LogP contribution is -2.27. The van der Waals surface area contributed by atoms with Crippen LogP contribution in [0, 0.1) is 18.8 Å². The van der Waals surface area contributed by atoms with Gasteiger partial charge in [0.05, 0.1) is 5.92 Å². The number of hydrogen-bond acceptors (Lipinski definition) is 2. The zero-order valence-electron chi connectivity index (χ0n) is 11.4. The van der Waals surface area contributed by atoms with Crippen molar-refractivity contribution >= 4 is 11.6 Å². The largest absolute Gasteiger partial charge is 0.326 e. The molecule has 1 aliphatic rings. The first-order valence-electron chi connectivity index (χ1n) is 6.73. The lowest BCUT2D eigenvalue weighted by Gasteiger charge is -2.15. The number of rotatable bonds is 3. The number of aryl methyl sites for hydroxylation is 2. The molecule has 1 aliphatic heterocycles. The van der Waals surface area contributed by atoms with Gasteiger partial charge in [-0.1, -0.05) is 19.9 Å². The third kappa shape index (κ3) is 2.72. The molecule has 0 spiro atoms. The molecule has 0 unspecified atom stereocenters. The van der Waals surface area contributed by atoms with Gasteiger partial charge in [0.1, 0.15) is 0 Å². The molecule has 1 aromatic rings. The molecule has 2 rings (SSSR count). The van der Waals surface area contributed by atoms with E-state index in [-0.39, 0.29) is 11.8 Å². The Hall–Kier alpha value is -1.35. The van der Waals surface area contributed by atoms with Crippen molar-refractivity contribution in [2.75, 3.05) is 18.4 Å². The van der Waals surface area contributed by atoms with Crippen LogP contribution in [0.15, 0.2) is 18.2 Å². The van der Waals surface area contributed by atoms with E-state index in [9.17, 15) is 4.79 Å². The van der Waals surface area contributed by atoms with E-state index in [1.807, 2.05) is 6.07 Å². The normalized spacial score (nSPS) is 23.1. The fourth-order valence-electron chi connectivity index (χ4n) is 2.53. The number of nitrogens with one attached hydrogen (secondary N) is 2. The molecule has 18 heavy (non-hydrogen) atoms. The summed E-state index contributed by atoms with van der Waals surface area (Å²) in [6.45, 7) is 8.09. The minimum atomic E-state index is 0.0939. The number of carbonyl (C=O) groups is 1. The van der Waals surface area contributed by atoms with Crippen LogP contribution in [0.2, 0.25) is 0 Å². The van der Waals surface area contributed by atoms with Gasteiger partial charge in [-0.15, -0.1) is 0 Å². The monoisotopic (exact) mass is 246 g/mol. The lowest BCUT2D eigenvalue weighted by atomic mass is 9.97. The Morgan fingerprint density at radius 2 is 2.22 bits per heavy atom. The number of benzene rings is 1. The van der Waals surface area contributed by atoms with Crippen molar-refractivity contribution in [1.82, 2.24) is 5.32 Å². The van der Waals surface area contributed by atoms with Crippen molar-refractivity contribution in [3.05, 3.63) is 29.3 Å². The smallest absolute Gasteiger partial charge is 0.229 e. The number of hydrogen-bond donors (Lipinski definition) is 2. The Morgan fingerprint density at radius 3 is 2.83 bits per heavy atom. The molecular weight excluding hydrogens is 224 g/mol. The summed E-state index contributed by atoms with van der Waals surface area (Å²) >= 11 is 0. The molecule has 1 amide bonds. The van der Waals surface area contributed by atoms with Crippen LogP contribution in [0.3, 0.4) is 0 Å². The van der Waals surface area contributed by atoms with Gasteiger partial charge in [0.25, 0.3) is 0 Å². The summed E-state index contributed by atoms with van der Waals surface area (Å²) in [6, 6.07) is 6.14. The highest BCUT2D eigenvalue weighted by atomic mass is 16.1. The first kappa shape index (κ1) is 13.1. The van der Waals surface area contributed by atoms with Gasteiger partial charge < -0.3 is 10.6 Å². The van der Waals surface area contributed by atoms with Gasteiger partial charge in [0.2, 0.25) is 5.91 Å². The van der Waals surface area contributed by atoms with Crippen LogP contribution in [0.4, 0.5) is 5.69 Å². The highest BCUT2D eigenvalue weighted by molar-refractivity contribution is 5.93. The fourth-order valence-corrected chi connectivity index (χ4v) is 2.53. The minimum Gasteiger partial charge on any atom is -0.326 e. The predicted molar refractivity (Wildman–Crippen MR) is 74.7 cm³/mol. The average molecular weight is 246 g/mol. The van der Waals surface area contributed by atoms with Gasteiger partial charge in [0, 0.05) is 12.2 Å². The zero-order chi connectivity index (χ0) is 13.1. The Kier molecular flexibility index (Phi) is 4.02. The maximum atomic E-state index is 12.2. The molecule has 1 fully saturated rings. The van der Waals surface area contributed by atoms with Gasteiger partial charge in [-0.25, -0.2) is 0 Å². The van der Waals surface area contributed by atoms with Crippen LogP contribution >= 0.6 is 0 Å². The van der Waals surface area contributed by atoms with E-state index in [0.29, 0.717) is 5.92 Å². The molecule has 0 aromatic heterocycles. The molecule has 0 aliphatic carbocycles. The first-order chi connectivity index (χ1) is 8.61. The molecule has 3 nitrogen and oxygen atoms in total. The van der Waals surface area contributed by atoms with E-state index >= 15 is 0 Å². The standard InChI is InChI=1S/C15H22N2O/c1-4-12-7-13(6-5-10(12)2)17-15(18)14-9-16-8-11(14)3/h5-7,11,14,16H,4,8-9H2,1-3H3,(H,17,18)/t11-,14-/m1/s1. The van der Waals surface area contributed by atoms with Gasteiger partial charge in [0.15, 0.2) is 0 Å². The number of anilines is 1. The first-order valence-corrected chi connectivity index (χ1v) is 6.73. The second-order valence-corrected chi connectivity index (χ2v) is 5.23. The molecule has 0 bridgehead atoms. The van der Waals surface area contributed by atoms with Gasteiger partial charge >= 0.3 is 0 Å². The fraction of sp³-hybridized carbons (Fsp3) is 0.533. The average Bonchev–Trinajstić information content (AvgIpc) is 2.78. The summed E-state index contributed by atoms with van der Waals surface area (Å²) in [7, 11) is 0. The third-order valence-corrected chi connectivity index (χ3v) is 3.85. The van der Waals surface area contributed by atoms with Crippen molar-refractivity contribution < 1.29 is 4.79 Å². The molecule has 1 aromatic carbocycles. The Bertz CT molecular complexity index is 442. The Morgan fingerprint density at radius 1 is 1.44 bits per heavy atom. The summed E-state index contributed by atoms with van der Waals surface area (Å²) in [5.41, 5.74) is 3.50. The minimum absolute atomic E-state index is 0.0939. The van der Waals surface area contributed by atoms with Crippen molar-refractivity contribution in [3.63, 3.8) is 0 Å². The van der Waals surface area contributed by atoms with Gasteiger partial charge in [-0.2, -0.15) is 0 Å². The summed E-state index contributed by atoms with van der Waals surface area (Å²) in [4.78, 5) is 12.2. The Labute approximate surface area is 109 Å². The van der Waals surface area contributed by atoms with Crippen molar-refractivity contribution in [2.24, 2.45) is 11.8 Å². The topological polar surface area (TPSA) is 41.1 Å².